The van der Waals surface area contributed by atoms with Gasteiger partial charge in [-0.2, -0.15) is 0 Å². The standard InChI is InChI=1S/C9H16N4O2S2/c1-7-11-12-9(16-7)13-17(14,15)6-8-3-2-4-10-5-8/h8,10H,2-6H2,1H3,(H,12,13). The SMILES string of the molecule is Cc1nnc(NS(=O)(=O)CC2CCCNC2)s1. The Kier molecular flexibility index (Phi) is 3.95. The highest BCUT2D eigenvalue weighted by molar-refractivity contribution is 7.92. The maximum absolute atomic E-state index is 11.9. The molecule has 1 aromatic rings. The molecule has 2 N–H and O–H groups in total. The highest BCUT2D eigenvalue weighted by Crippen LogP contribution is 2.18. The van der Waals surface area contributed by atoms with Crippen molar-refractivity contribution in [2.45, 2.75) is 19.8 Å². The van der Waals surface area contributed by atoms with Crippen molar-refractivity contribution in [3.8, 4) is 0 Å². The average Bonchev–Trinajstić information content (AvgIpc) is 2.63. The Morgan fingerprint density at radius 1 is 1.53 bits per heavy atom. The van der Waals surface area contributed by atoms with Gasteiger partial charge in [0.25, 0.3) is 0 Å². The molecule has 1 atom stereocenters. The summed E-state index contributed by atoms with van der Waals surface area (Å²) in [5, 5.41) is 11.8. The number of nitrogens with zero attached hydrogens (tertiary/aromatic N) is 2. The van der Waals surface area contributed by atoms with Crippen LogP contribution in [0.5, 0.6) is 0 Å². The zero-order valence-electron chi connectivity index (χ0n) is 9.64. The van der Waals surface area contributed by atoms with E-state index in [1.807, 2.05) is 0 Å². The van der Waals surface area contributed by atoms with Crippen LogP contribution in [0.4, 0.5) is 5.13 Å². The molecule has 0 spiro atoms. The van der Waals surface area contributed by atoms with E-state index in [-0.39, 0.29) is 11.7 Å². The van der Waals surface area contributed by atoms with Crippen LogP contribution in [-0.2, 0) is 10.0 Å². The molecular formula is C9H16N4O2S2. The Balaban J connectivity index is 1.94. The van der Waals surface area contributed by atoms with Crippen molar-refractivity contribution >= 4 is 26.5 Å². The highest BCUT2D eigenvalue weighted by atomic mass is 32.2. The average molecular weight is 276 g/mol. The Morgan fingerprint density at radius 2 is 2.35 bits per heavy atom. The summed E-state index contributed by atoms with van der Waals surface area (Å²) >= 11 is 1.25. The maximum atomic E-state index is 11.9. The Bertz CT molecular complexity index is 465. The lowest BCUT2D eigenvalue weighted by atomic mass is 10.0. The van der Waals surface area contributed by atoms with Crippen LogP contribution in [0.15, 0.2) is 0 Å². The number of hydrogen-bond acceptors (Lipinski definition) is 6. The van der Waals surface area contributed by atoms with Crippen molar-refractivity contribution in [1.82, 2.24) is 15.5 Å². The number of nitrogens with one attached hydrogen (secondary N) is 2. The quantitative estimate of drug-likeness (QED) is 0.841. The van der Waals surface area contributed by atoms with E-state index in [0.29, 0.717) is 5.13 Å². The first-order valence-electron chi connectivity index (χ1n) is 5.56. The van der Waals surface area contributed by atoms with E-state index in [0.717, 1.165) is 30.9 Å². The van der Waals surface area contributed by atoms with Crippen LogP contribution in [0.2, 0.25) is 0 Å². The zero-order chi connectivity index (χ0) is 12.3. The van der Waals surface area contributed by atoms with Gasteiger partial charge in [0.05, 0.1) is 5.75 Å². The smallest absolute Gasteiger partial charge is 0.234 e. The first kappa shape index (κ1) is 12.7. The molecule has 0 saturated carbocycles. The lowest BCUT2D eigenvalue weighted by molar-refractivity contribution is 0.404. The molecule has 1 unspecified atom stereocenters. The van der Waals surface area contributed by atoms with Gasteiger partial charge in [-0.3, -0.25) is 4.72 Å². The van der Waals surface area contributed by atoms with Gasteiger partial charge in [-0.05, 0) is 38.8 Å². The Hall–Kier alpha value is -0.730. The normalized spacial score (nSPS) is 21.4. The minimum atomic E-state index is -3.30. The summed E-state index contributed by atoms with van der Waals surface area (Å²) in [6, 6.07) is 0. The molecule has 1 aliphatic rings. The number of rotatable bonds is 4. The van der Waals surface area contributed by atoms with Crippen LogP contribution < -0.4 is 10.0 Å². The van der Waals surface area contributed by atoms with Crippen LogP contribution in [0.1, 0.15) is 17.8 Å². The summed E-state index contributed by atoms with van der Waals surface area (Å²) in [7, 11) is -3.30. The van der Waals surface area contributed by atoms with Gasteiger partial charge in [-0.1, -0.05) is 11.3 Å². The molecule has 0 aliphatic carbocycles. The number of anilines is 1. The third-order valence-electron chi connectivity index (χ3n) is 2.62. The van der Waals surface area contributed by atoms with E-state index in [4.69, 9.17) is 0 Å². The molecule has 17 heavy (non-hydrogen) atoms. The summed E-state index contributed by atoms with van der Waals surface area (Å²) in [4.78, 5) is 0. The summed E-state index contributed by atoms with van der Waals surface area (Å²) in [6.45, 7) is 3.55. The van der Waals surface area contributed by atoms with Gasteiger partial charge in [0.2, 0.25) is 15.2 Å². The number of sulfonamides is 1. The van der Waals surface area contributed by atoms with E-state index in [1.165, 1.54) is 11.3 Å². The van der Waals surface area contributed by atoms with E-state index < -0.39 is 10.0 Å². The van der Waals surface area contributed by atoms with Crippen molar-refractivity contribution in [1.29, 1.82) is 0 Å². The van der Waals surface area contributed by atoms with Crippen LogP contribution in [-0.4, -0.2) is 37.5 Å². The molecule has 0 bridgehead atoms. The molecule has 96 valence electrons. The number of piperidine rings is 1. The fraction of sp³-hybridized carbons (Fsp3) is 0.778. The second-order valence-electron chi connectivity index (χ2n) is 4.22. The molecule has 1 aromatic heterocycles. The van der Waals surface area contributed by atoms with Crippen molar-refractivity contribution < 1.29 is 8.42 Å². The van der Waals surface area contributed by atoms with E-state index >= 15 is 0 Å². The molecule has 6 nitrogen and oxygen atoms in total. The fourth-order valence-electron chi connectivity index (χ4n) is 1.89. The molecule has 0 amide bonds. The first-order valence-corrected chi connectivity index (χ1v) is 8.03. The number of aromatic nitrogens is 2. The molecule has 0 aromatic carbocycles. The van der Waals surface area contributed by atoms with Gasteiger partial charge in [-0.25, -0.2) is 8.42 Å². The Morgan fingerprint density at radius 3 is 2.94 bits per heavy atom. The highest BCUT2D eigenvalue weighted by Gasteiger charge is 2.22. The molecule has 2 rings (SSSR count). The summed E-state index contributed by atoms with van der Waals surface area (Å²) in [6.07, 6.45) is 2.00. The number of hydrogen-bond donors (Lipinski definition) is 2. The molecular weight excluding hydrogens is 260 g/mol. The second-order valence-corrected chi connectivity index (χ2v) is 7.17. The van der Waals surface area contributed by atoms with Crippen molar-refractivity contribution in [3.63, 3.8) is 0 Å². The number of aryl methyl sites for hydroxylation is 1. The van der Waals surface area contributed by atoms with Crippen LogP contribution >= 0.6 is 11.3 Å². The van der Waals surface area contributed by atoms with Gasteiger partial charge < -0.3 is 5.32 Å². The monoisotopic (exact) mass is 276 g/mol. The Labute approximate surface area is 105 Å². The van der Waals surface area contributed by atoms with Crippen molar-refractivity contribution in [2.75, 3.05) is 23.6 Å². The summed E-state index contributed by atoms with van der Waals surface area (Å²) < 4.78 is 26.2. The maximum Gasteiger partial charge on any atom is 0.234 e. The molecule has 1 saturated heterocycles. The molecule has 1 aliphatic heterocycles. The van der Waals surface area contributed by atoms with Crippen molar-refractivity contribution in [3.05, 3.63) is 5.01 Å². The van der Waals surface area contributed by atoms with Gasteiger partial charge in [0.15, 0.2) is 0 Å². The summed E-state index contributed by atoms with van der Waals surface area (Å²) in [5.74, 6) is 0.341. The van der Waals surface area contributed by atoms with E-state index in [1.54, 1.807) is 6.92 Å². The van der Waals surface area contributed by atoms with Gasteiger partial charge in [-0.15, -0.1) is 10.2 Å². The van der Waals surface area contributed by atoms with E-state index in [9.17, 15) is 8.42 Å². The predicted octanol–water partition coefficient (Wildman–Crippen LogP) is 0.588. The topological polar surface area (TPSA) is 84.0 Å². The zero-order valence-corrected chi connectivity index (χ0v) is 11.3. The van der Waals surface area contributed by atoms with Crippen molar-refractivity contribution in [2.24, 2.45) is 5.92 Å². The molecule has 1 fully saturated rings. The minimum Gasteiger partial charge on any atom is -0.316 e. The molecule has 2 heterocycles. The lowest BCUT2D eigenvalue weighted by Crippen LogP contribution is -2.35. The van der Waals surface area contributed by atoms with Crippen LogP contribution in [0, 0.1) is 12.8 Å². The summed E-state index contributed by atoms with van der Waals surface area (Å²) in [5.41, 5.74) is 0. The van der Waals surface area contributed by atoms with Crippen LogP contribution in [0.3, 0.4) is 0 Å². The lowest BCUT2D eigenvalue weighted by Gasteiger charge is -2.22. The van der Waals surface area contributed by atoms with Crippen LogP contribution in [0.25, 0.3) is 0 Å². The largest absolute Gasteiger partial charge is 0.316 e. The fourth-order valence-corrected chi connectivity index (χ4v) is 4.18. The third-order valence-corrected chi connectivity index (χ3v) is 4.92. The first-order chi connectivity index (χ1) is 8.05. The van der Waals surface area contributed by atoms with Gasteiger partial charge in [0.1, 0.15) is 5.01 Å². The van der Waals surface area contributed by atoms with Gasteiger partial charge >= 0.3 is 0 Å². The minimum absolute atomic E-state index is 0.151. The predicted molar refractivity (Wildman–Crippen MR) is 67.6 cm³/mol. The van der Waals surface area contributed by atoms with Gasteiger partial charge in [0, 0.05) is 0 Å². The third kappa shape index (κ3) is 3.90. The second kappa shape index (κ2) is 5.28. The van der Waals surface area contributed by atoms with E-state index in [2.05, 4.69) is 20.2 Å². The molecule has 0 radical (unpaired) electrons. The molecule has 8 heteroatoms.